The molecule has 0 radical (unpaired) electrons. The number of carboxylic acid groups (broad SMARTS) is 1. The summed E-state index contributed by atoms with van der Waals surface area (Å²) in [5.41, 5.74) is 1.98. The van der Waals surface area contributed by atoms with Gasteiger partial charge in [0, 0.05) is 10.6 Å². The van der Waals surface area contributed by atoms with Crippen molar-refractivity contribution >= 4 is 68.9 Å². The average Bonchev–Trinajstić information content (AvgIpc) is 3.56. The fraction of sp³-hybridized carbons (Fsp3) is 0.143. The molecule has 9 nitrogen and oxygen atoms in total. The quantitative estimate of drug-likeness (QED) is 0.271. The molecule has 2 aromatic heterocycles. The van der Waals surface area contributed by atoms with Crippen molar-refractivity contribution in [3.05, 3.63) is 105 Å². The number of carbonyl (C=O) groups is 2. The van der Waals surface area contributed by atoms with Crippen LogP contribution in [0.15, 0.2) is 81.0 Å². The minimum atomic E-state index is -1.10. The Balaban J connectivity index is 1.60. The normalized spacial score (nSPS) is 14.9. The van der Waals surface area contributed by atoms with Crippen molar-refractivity contribution < 1.29 is 24.2 Å². The van der Waals surface area contributed by atoms with E-state index in [9.17, 15) is 14.4 Å². The molecule has 1 aliphatic heterocycles. The van der Waals surface area contributed by atoms with Crippen molar-refractivity contribution in [2.75, 3.05) is 19.0 Å². The zero-order valence-electron chi connectivity index (χ0n) is 21.2. The van der Waals surface area contributed by atoms with Gasteiger partial charge in [0.05, 0.1) is 26.5 Å². The molecule has 1 amide bonds. The molecule has 0 bridgehead atoms. The lowest BCUT2D eigenvalue weighted by atomic mass is 10.0. The van der Waals surface area contributed by atoms with Gasteiger partial charge in [0.2, 0.25) is 0 Å². The Bertz CT molecular complexity index is 1810. The molecule has 0 fully saturated rings. The second-order valence-corrected chi connectivity index (χ2v) is 11.8. The summed E-state index contributed by atoms with van der Waals surface area (Å²) in [6, 6.07) is 15.8. The van der Waals surface area contributed by atoms with E-state index in [-0.39, 0.29) is 11.5 Å². The van der Waals surface area contributed by atoms with Gasteiger partial charge in [-0.3, -0.25) is 14.2 Å². The number of para-hydroxylation sites is 1. The molecule has 0 saturated carbocycles. The molecule has 12 heteroatoms. The van der Waals surface area contributed by atoms with Crippen LogP contribution in [0.25, 0.3) is 6.08 Å². The third-order valence-corrected chi connectivity index (χ3v) is 8.71. The number of allylic oxidation sites excluding steroid dienone is 1. The number of ether oxygens (including phenoxy) is 2. The molecule has 40 heavy (non-hydrogen) atoms. The van der Waals surface area contributed by atoms with Crippen molar-refractivity contribution in [1.82, 2.24) is 4.57 Å². The highest BCUT2D eigenvalue weighted by Crippen LogP contribution is 2.35. The van der Waals surface area contributed by atoms with Gasteiger partial charge in [-0.25, -0.2) is 9.79 Å². The Labute approximate surface area is 249 Å². The maximum Gasteiger partial charge on any atom is 0.341 e. The molecule has 1 atom stereocenters. The Morgan fingerprint density at radius 1 is 1.20 bits per heavy atom. The summed E-state index contributed by atoms with van der Waals surface area (Å²) in [5, 5.41) is 13.8. The number of thiophene rings is 1. The number of rotatable bonds is 8. The number of thiazole rings is 1. The van der Waals surface area contributed by atoms with Crippen LogP contribution in [0.1, 0.15) is 23.4 Å². The molecule has 3 heterocycles. The summed E-state index contributed by atoms with van der Waals surface area (Å²) in [6.45, 7) is 1.27. The second kappa shape index (κ2) is 11.8. The Morgan fingerprint density at radius 3 is 2.65 bits per heavy atom. The number of benzene rings is 2. The summed E-state index contributed by atoms with van der Waals surface area (Å²) in [6.07, 6.45) is 1.73. The Hall–Kier alpha value is -3.75. The lowest BCUT2D eigenvalue weighted by Gasteiger charge is -2.24. The maximum atomic E-state index is 13.8. The first-order chi connectivity index (χ1) is 19.3. The fourth-order valence-electron chi connectivity index (χ4n) is 4.30. The number of anilines is 1. The highest BCUT2D eigenvalue weighted by molar-refractivity contribution is 14.1. The molecule has 204 valence electrons. The molecule has 2 aromatic carbocycles. The lowest BCUT2D eigenvalue weighted by molar-refractivity contribution is -0.139. The third kappa shape index (κ3) is 5.60. The molecule has 0 saturated heterocycles. The molecule has 1 aliphatic rings. The van der Waals surface area contributed by atoms with Gasteiger partial charge in [-0.05, 0) is 76.9 Å². The van der Waals surface area contributed by atoms with Gasteiger partial charge in [0.1, 0.15) is 6.04 Å². The number of fused-ring (bicyclic) bond motifs is 1. The standard InChI is InChI=1S/C28H22IN3O6S2/c1-15-23(26(35)31-17-7-4-3-5-8-17)24(20-9-6-10-39-20)32-27(36)21(40-28(32)30-15)13-16-11-18(29)25(19(12-16)37-2)38-14-22(33)34/h3-13,24H,14H2,1-2H3,(H,31,35)(H,33,34)/b21-13-/t24-/m1/s1. The summed E-state index contributed by atoms with van der Waals surface area (Å²) >= 11 is 4.73. The minimum absolute atomic E-state index is 0.278. The number of methoxy groups -OCH3 is 1. The van der Waals surface area contributed by atoms with Gasteiger partial charge in [-0.1, -0.05) is 35.6 Å². The van der Waals surface area contributed by atoms with Gasteiger partial charge in [0.25, 0.3) is 11.5 Å². The Kier molecular flexibility index (Phi) is 8.19. The number of hydrogen-bond donors (Lipinski definition) is 2. The molecule has 2 N–H and O–H groups in total. The molecule has 0 unspecified atom stereocenters. The number of nitrogens with zero attached hydrogens (tertiary/aromatic N) is 2. The van der Waals surface area contributed by atoms with Crippen LogP contribution in [0, 0.1) is 3.57 Å². The highest BCUT2D eigenvalue weighted by Gasteiger charge is 2.33. The van der Waals surface area contributed by atoms with E-state index >= 15 is 0 Å². The summed E-state index contributed by atoms with van der Waals surface area (Å²) < 4.78 is 13.4. The summed E-state index contributed by atoms with van der Waals surface area (Å²) in [7, 11) is 1.46. The van der Waals surface area contributed by atoms with Crippen molar-refractivity contribution in [3.63, 3.8) is 0 Å². The van der Waals surface area contributed by atoms with E-state index in [4.69, 9.17) is 14.6 Å². The molecular weight excluding hydrogens is 665 g/mol. The van der Waals surface area contributed by atoms with Crippen LogP contribution in [0.4, 0.5) is 5.69 Å². The molecule has 4 aromatic rings. The number of aromatic nitrogens is 1. The molecule has 0 spiro atoms. The van der Waals surface area contributed by atoms with Crippen LogP contribution in [-0.4, -0.2) is 35.3 Å². The van der Waals surface area contributed by atoms with Crippen molar-refractivity contribution in [2.45, 2.75) is 13.0 Å². The number of hydrogen-bond acceptors (Lipinski definition) is 8. The number of carboxylic acids is 1. The van der Waals surface area contributed by atoms with E-state index in [0.29, 0.717) is 46.9 Å². The predicted molar refractivity (Wildman–Crippen MR) is 162 cm³/mol. The predicted octanol–water partition coefficient (Wildman–Crippen LogP) is 4.01. The summed E-state index contributed by atoms with van der Waals surface area (Å²) in [4.78, 5) is 44.3. The van der Waals surface area contributed by atoms with E-state index < -0.39 is 18.6 Å². The molecule has 5 rings (SSSR count). The Morgan fingerprint density at radius 2 is 1.98 bits per heavy atom. The van der Waals surface area contributed by atoms with Crippen molar-refractivity contribution in [2.24, 2.45) is 4.99 Å². The van der Waals surface area contributed by atoms with Crippen LogP contribution in [0.3, 0.4) is 0 Å². The van der Waals surface area contributed by atoms with Gasteiger partial charge in [-0.15, -0.1) is 11.3 Å². The monoisotopic (exact) mass is 687 g/mol. The highest BCUT2D eigenvalue weighted by atomic mass is 127. The second-order valence-electron chi connectivity index (χ2n) is 8.63. The maximum absolute atomic E-state index is 13.8. The van der Waals surface area contributed by atoms with Crippen LogP contribution < -0.4 is 29.7 Å². The third-order valence-electron chi connectivity index (χ3n) is 6.00. The van der Waals surface area contributed by atoms with E-state index in [1.54, 1.807) is 41.8 Å². The SMILES string of the molecule is COc1cc(/C=c2\sc3n(c2=O)[C@H](c2cccs2)C(C(=O)Nc2ccccc2)=C(C)N=3)cc(I)c1OCC(=O)O. The minimum Gasteiger partial charge on any atom is -0.493 e. The zero-order chi connectivity index (χ0) is 28.4. The number of amides is 1. The average molecular weight is 688 g/mol. The van der Waals surface area contributed by atoms with Gasteiger partial charge in [0.15, 0.2) is 22.9 Å². The van der Waals surface area contributed by atoms with E-state index in [1.165, 1.54) is 29.8 Å². The first-order valence-electron chi connectivity index (χ1n) is 11.9. The number of aliphatic carboxylic acids is 1. The molecular formula is C28H22IN3O6S2. The zero-order valence-corrected chi connectivity index (χ0v) is 25.0. The van der Waals surface area contributed by atoms with Crippen LogP contribution >= 0.6 is 45.3 Å². The topological polar surface area (TPSA) is 119 Å². The van der Waals surface area contributed by atoms with E-state index in [0.717, 1.165) is 4.88 Å². The van der Waals surface area contributed by atoms with Gasteiger partial charge >= 0.3 is 5.97 Å². The molecule has 0 aliphatic carbocycles. The van der Waals surface area contributed by atoms with E-state index in [1.807, 2.05) is 58.3 Å². The van der Waals surface area contributed by atoms with Gasteiger partial charge in [-0.2, -0.15) is 0 Å². The largest absolute Gasteiger partial charge is 0.493 e. The van der Waals surface area contributed by atoms with E-state index in [2.05, 4.69) is 10.3 Å². The van der Waals surface area contributed by atoms with Crippen molar-refractivity contribution in [3.8, 4) is 11.5 Å². The number of carbonyl (C=O) groups excluding carboxylic acids is 1. The van der Waals surface area contributed by atoms with Crippen molar-refractivity contribution in [1.29, 1.82) is 0 Å². The first-order valence-corrected chi connectivity index (χ1v) is 14.7. The fourth-order valence-corrected chi connectivity index (χ4v) is 6.95. The first kappa shape index (κ1) is 27.8. The van der Waals surface area contributed by atoms with Crippen LogP contribution in [-0.2, 0) is 9.59 Å². The number of nitrogens with one attached hydrogen (secondary N) is 1. The lowest BCUT2D eigenvalue weighted by Crippen LogP contribution is -2.40. The smallest absolute Gasteiger partial charge is 0.341 e. The van der Waals surface area contributed by atoms with Crippen LogP contribution in [0.5, 0.6) is 11.5 Å². The number of halogens is 1. The summed E-state index contributed by atoms with van der Waals surface area (Å²) in [5.74, 6) is -0.766. The van der Waals surface area contributed by atoms with Crippen LogP contribution in [0.2, 0.25) is 0 Å². The van der Waals surface area contributed by atoms with Gasteiger partial charge < -0.3 is 19.9 Å².